The Bertz CT molecular complexity index is 880. The van der Waals surface area contributed by atoms with Crippen LogP contribution in [0.15, 0.2) is 47.6 Å². The summed E-state index contributed by atoms with van der Waals surface area (Å²) in [5.41, 5.74) is 0.260. The molecule has 1 atom stereocenters. The van der Waals surface area contributed by atoms with E-state index < -0.39 is 11.7 Å². The number of nitrogens with zero attached hydrogens (tertiary/aromatic N) is 3. The molecule has 2 aromatic rings. The fourth-order valence-electron chi connectivity index (χ4n) is 3.33. The van der Waals surface area contributed by atoms with E-state index in [1.165, 1.54) is 6.07 Å². The van der Waals surface area contributed by atoms with Crippen molar-refractivity contribution >= 4 is 35.6 Å². The SMILES string of the molecule is CN=C(NCCOc1ccc(C(F)(F)F)cn1)NC1CCN(c2ccccc2OC)C1.I. The molecule has 7 nitrogen and oxygen atoms in total. The molecule has 1 aliphatic heterocycles. The Morgan fingerprint density at radius 1 is 1.25 bits per heavy atom. The van der Waals surface area contributed by atoms with Gasteiger partial charge in [0.25, 0.3) is 0 Å². The van der Waals surface area contributed by atoms with E-state index in [4.69, 9.17) is 9.47 Å². The van der Waals surface area contributed by atoms with Gasteiger partial charge in [-0.25, -0.2) is 4.98 Å². The van der Waals surface area contributed by atoms with E-state index in [9.17, 15) is 13.2 Å². The number of hydrogen-bond acceptors (Lipinski definition) is 5. The van der Waals surface area contributed by atoms with Crippen LogP contribution in [-0.4, -0.2) is 57.4 Å². The minimum atomic E-state index is -4.41. The van der Waals surface area contributed by atoms with Gasteiger partial charge in [-0.15, -0.1) is 24.0 Å². The van der Waals surface area contributed by atoms with E-state index in [0.717, 1.165) is 43.2 Å². The second-order valence-corrected chi connectivity index (χ2v) is 6.98. The van der Waals surface area contributed by atoms with Crippen molar-refractivity contribution in [3.8, 4) is 11.6 Å². The first-order valence-corrected chi connectivity index (χ1v) is 9.92. The minimum Gasteiger partial charge on any atom is -0.495 e. The Morgan fingerprint density at radius 3 is 2.69 bits per heavy atom. The second kappa shape index (κ2) is 12.0. The Labute approximate surface area is 202 Å². The van der Waals surface area contributed by atoms with Crippen LogP contribution in [0.25, 0.3) is 0 Å². The zero-order chi connectivity index (χ0) is 22.3. The molecule has 0 spiro atoms. The van der Waals surface area contributed by atoms with Crippen molar-refractivity contribution in [2.75, 3.05) is 45.3 Å². The molecule has 1 fully saturated rings. The number of halogens is 4. The standard InChI is InChI=1S/C21H26F3N5O2.HI/c1-25-20(26-10-12-31-19-8-7-15(13-27-19)21(22,23)24)28-16-9-11-29(14-16)17-5-3-4-6-18(17)30-2;/h3-8,13,16H,9-12,14H2,1-2H3,(H2,25,26,28);1H. The summed E-state index contributed by atoms with van der Waals surface area (Å²) in [5.74, 6) is 1.62. The molecule has 1 unspecified atom stereocenters. The van der Waals surface area contributed by atoms with Crippen LogP contribution in [0.4, 0.5) is 18.9 Å². The molecule has 0 radical (unpaired) electrons. The zero-order valence-corrected chi connectivity index (χ0v) is 20.2. The lowest BCUT2D eigenvalue weighted by molar-refractivity contribution is -0.137. The molecule has 0 bridgehead atoms. The number of nitrogens with one attached hydrogen (secondary N) is 2. The van der Waals surface area contributed by atoms with Crippen LogP contribution in [0.5, 0.6) is 11.6 Å². The monoisotopic (exact) mass is 565 g/mol. The number of benzene rings is 1. The van der Waals surface area contributed by atoms with Crippen molar-refractivity contribution < 1.29 is 22.6 Å². The van der Waals surface area contributed by atoms with Crippen LogP contribution in [0, 0.1) is 0 Å². The topological polar surface area (TPSA) is 71.0 Å². The van der Waals surface area contributed by atoms with Gasteiger partial charge in [-0.1, -0.05) is 12.1 Å². The van der Waals surface area contributed by atoms with Crippen molar-refractivity contribution in [2.45, 2.75) is 18.6 Å². The predicted octanol–water partition coefficient (Wildman–Crippen LogP) is 3.55. The van der Waals surface area contributed by atoms with Gasteiger partial charge >= 0.3 is 6.18 Å². The van der Waals surface area contributed by atoms with E-state index in [-0.39, 0.29) is 42.5 Å². The normalized spacial score (nSPS) is 16.3. The summed E-state index contributed by atoms with van der Waals surface area (Å²) in [7, 11) is 3.35. The molecular weight excluding hydrogens is 538 g/mol. The van der Waals surface area contributed by atoms with E-state index in [1.54, 1.807) is 14.2 Å². The maximum Gasteiger partial charge on any atom is 0.417 e. The first kappa shape index (κ1) is 25.8. The van der Waals surface area contributed by atoms with Gasteiger partial charge in [-0.3, -0.25) is 4.99 Å². The average Bonchev–Trinajstić information content (AvgIpc) is 3.23. The number of aliphatic imine (C=N–C) groups is 1. The van der Waals surface area contributed by atoms with Gasteiger partial charge in [0, 0.05) is 38.4 Å². The molecule has 1 aliphatic rings. The number of guanidine groups is 1. The molecule has 32 heavy (non-hydrogen) atoms. The molecule has 0 amide bonds. The van der Waals surface area contributed by atoms with Gasteiger partial charge in [0.1, 0.15) is 12.4 Å². The first-order chi connectivity index (χ1) is 14.9. The number of pyridine rings is 1. The van der Waals surface area contributed by atoms with Crippen LogP contribution in [0.1, 0.15) is 12.0 Å². The molecule has 1 saturated heterocycles. The number of hydrogen-bond donors (Lipinski definition) is 2. The quantitative estimate of drug-likeness (QED) is 0.232. The third kappa shape index (κ3) is 7.04. The fraction of sp³-hybridized carbons (Fsp3) is 0.429. The maximum atomic E-state index is 12.6. The van der Waals surface area contributed by atoms with Crippen LogP contribution >= 0.6 is 24.0 Å². The molecule has 2 N–H and O–H groups in total. The Morgan fingerprint density at radius 2 is 2.03 bits per heavy atom. The summed E-state index contributed by atoms with van der Waals surface area (Å²) in [6.45, 7) is 2.37. The summed E-state index contributed by atoms with van der Waals surface area (Å²) in [6.07, 6.45) is -2.70. The molecule has 0 saturated carbocycles. The van der Waals surface area contributed by atoms with Crippen molar-refractivity contribution in [1.29, 1.82) is 0 Å². The van der Waals surface area contributed by atoms with Gasteiger partial charge < -0.3 is 25.0 Å². The van der Waals surface area contributed by atoms with Crippen molar-refractivity contribution in [2.24, 2.45) is 4.99 Å². The predicted molar refractivity (Wildman–Crippen MR) is 128 cm³/mol. The van der Waals surface area contributed by atoms with Gasteiger partial charge in [-0.05, 0) is 24.6 Å². The highest BCUT2D eigenvalue weighted by atomic mass is 127. The molecule has 3 rings (SSSR count). The molecule has 1 aromatic carbocycles. The number of aromatic nitrogens is 1. The van der Waals surface area contributed by atoms with Gasteiger partial charge in [-0.2, -0.15) is 13.2 Å². The summed E-state index contributed by atoms with van der Waals surface area (Å²) in [4.78, 5) is 10.2. The molecular formula is C21H27F3IN5O2. The van der Waals surface area contributed by atoms with E-state index >= 15 is 0 Å². The number of methoxy groups -OCH3 is 1. The highest BCUT2D eigenvalue weighted by Gasteiger charge is 2.30. The Hall–Kier alpha value is -2.44. The Balaban J connectivity index is 0.00000363. The van der Waals surface area contributed by atoms with Crippen molar-refractivity contribution in [3.05, 3.63) is 48.2 Å². The summed E-state index contributed by atoms with van der Waals surface area (Å²) in [6, 6.07) is 10.3. The van der Waals surface area contributed by atoms with Gasteiger partial charge in [0.2, 0.25) is 5.88 Å². The number of ether oxygens (including phenoxy) is 2. The van der Waals surface area contributed by atoms with Crippen molar-refractivity contribution in [3.63, 3.8) is 0 Å². The Kier molecular flexibility index (Phi) is 9.66. The van der Waals surface area contributed by atoms with Crippen LogP contribution in [0.2, 0.25) is 0 Å². The molecule has 176 valence electrons. The number of rotatable bonds is 7. The van der Waals surface area contributed by atoms with Gasteiger partial charge in [0.05, 0.1) is 24.9 Å². The fourth-order valence-corrected chi connectivity index (χ4v) is 3.33. The minimum absolute atomic E-state index is 0. The molecule has 2 heterocycles. The lowest BCUT2D eigenvalue weighted by Gasteiger charge is -2.22. The van der Waals surface area contributed by atoms with Crippen LogP contribution < -0.4 is 25.0 Å². The van der Waals surface area contributed by atoms with Gasteiger partial charge in [0.15, 0.2) is 5.96 Å². The maximum absolute atomic E-state index is 12.6. The highest BCUT2D eigenvalue weighted by Crippen LogP contribution is 2.30. The zero-order valence-electron chi connectivity index (χ0n) is 17.9. The smallest absolute Gasteiger partial charge is 0.417 e. The summed E-state index contributed by atoms with van der Waals surface area (Å²) in [5, 5.41) is 6.53. The van der Waals surface area contributed by atoms with E-state index in [2.05, 4.69) is 25.5 Å². The van der Waals surface area contributed by atoms with E-state index in [0.29, 0.717) is 12.5 Å². The molecule has 0 aliphatic carbocycles. The largest absolute Gasteiger partial charge is 0.495 e. The lowest BCUT2D eigenvalue weighted by atomic mass is 10.2. The first-order valence-electron chi connectivity index (χ1n) is 9.92. The van der Waals surface area contributed by atoms with Crippen LogP contribution in [-0.2, 0) is 6.18 Å². The van der Waals surface area contributed by atoms with E-state index in [1.807, 2.05) is 24.3 Å². The number of anilines is 1. The summed E-state index contributed by atoms with van der Waals surface area (Å²) >= 11 is 0. The van der Waals surface area contributed by atoms with Crippen LogP contribution in [0.3, 0.4) is 0 Å². The number of alkyl halides is 3. The van der Waals surface area contributed by atoms with Crippen molar-refractivity contribution in [1.82, 2.24) is 15.6 Å². The second-order valence-electron chi connectivity index (χ2n) is 6.98. The highest BCUT2D eigenvalue weighted by molar-refractivity contribution is 14.0. The molecule has 11 heteroatoms. The molecule has 1 aromatic heterocycles. The third-order valence-corrected chi connectivity index (χ3v) is 4.89. The average molecular weight is 565 g/mol. The third-order valence-electron chi connectivity index (χ3n) is 4.89. The number of para-hydroxylation sites is 2. The lowest BCUT2D eigenvalue weighted by Crippen LogP contribution is -2.45. The summed E-state index contributed by atoms with van der Waals surface area (Å²) < 4.78 is 48.5.